The van der Waals surface area contributed by atoms with Crippen LogP contribution in [0.4, 0.5) is 0 Å². The molecule has 1 rings (SSSR count). The number of nitrogens with one attached hydrogen (secondary N) is 1. The Hall–Kier alpha value is -0.300. The van der Waals surface area contributed by atoms with E-state index in [1.165, 1.54) is 32.1 Å². The minimum Gasteiger partial charge on any atom is -0.311 e. The van der Waals surface area contributed by atoms with E-state index >= 15 is 0 Å². The van der Waals surface area contributed by atoms with Gasteiger partial charge in [-0.05, 0) is 38.0 Å². The smallest absolute Gasteiger partial charge is 0.0121 e. The Kier molecular flexibility index (Phi) is 4.85. The molecule has 1 heteroatoms. The molecule has 0 aromatic rings. The molecule has 1 aliphatic rings. The Morgan fingerprint density at radius 2 is 2.20 bits per heavy atom. The third-order valence-corrected chi connectivity index (χ3v) is 3.80. The van der Waals surface area contributed by atoms with E-state index in [0.29, 0.717) is 17.5 Å². The monoisotopic (exact) mass is 209 g/mol. The Morgan fingerprint density at radius 3 is 2.80 bits per heavy atom. The summed E-state index contributed by atoms with van der Waals surface area (Å²) in [5.74, 6) is 0. The lowest BCUT2D eigenvalue weighted by Gasteiger charge is -2.40. The van der Waals surface area contributed by atoms with Crippen molar-refractivity contribution in [2.24, 2.45) is 5.41 Å². The SMILES string of the molecule is C=CCCC(C)NC1CCCCC1(C)C. The van der Waals surface area contributed by atoms with Gasteiger partial charge in [0.05, 0.1) is 0 Å². The average molecular weight is 209 g/mol. The van der Waals surface area contributed by atoms with Crippen LogP contribution in [-0.4, -0.2) is 12.1 Å². The van der Waals surface area contributed by atoms with E-state index in [1.807, 2.05) is 6.08 Å². The second-order valence-corrected chi connectivity index (χ2v) is 5.72. The molecule has 1 N–H and O–H groups in total. The molecule has 1 fully saturated rings. The second-order valence-electron chi connectivity index (χ2n) is 5.72. The molecule has 0 bridgehead atoms. The maximum atomic E-state index is 3.80. The van der Waals surface area contributed by atoms with Crippen LogP contribution in [0.5, 0.6) is 0 Å². The summed E-state index contributed by atoms with van der Waals surface area (Å²) in [6, 6.07) is 1.34. The maximum Gasteiger partial charge on any atom is 0.0121 e. The zero-order chi connectivity index (χ0) is 11.3. The van der Waals surface area contributed by atoms with Crippen LogP contribution in [0.3, 0.4) is 0 Å². The standard InChI is InChI=1S/C14H27N/c1-5-6-9-12(2)15-13-10-7-8-11-14(13,3)4/h5,12-13,15H,1,6-11H2,2-4H3. The summed E-state index contributed by atoms with van der Waals surface area (Å²) < 4.78 is 0. The summed E-state index contributed by atoms with van der Waals surface area (Å²) >= 11 is 0. The van der Waals surface area contributed by atoms with Crippen molar-refractivity contribution in [3.05, 3.63) is 12.7 Å². The van der Waals surface area contributed by atoms with E-state index in [4.69, 9.17) is 0 Å². The largest absolute Gasteiger partial charge is 0.311 e. The molecule has 0 aromatic carbocycles. The van der Waals surface area contributed by atoms with Gasteiger partial charge in [0.25, 0.3) is 0 Å². The molecular weight excluding hydrogens is 182 g/mol. The molecule has 1 aliphatic carbocycles. The van der Waals surface area contributed by atoms with Crippen LogP contribution in [0.25, 0.3) is 0 Å². The molecule has 1 saturated carbocycles. The van der Waals surface area contributed by atoms with E-state index in [-0.39, 0.29) is 0 Å². The van der Waals surface area contributed by atoms with Crippen LogP contribution in [0.15, 0.2) is 12.7 Å². The van der Waals surface area contributed by atoms with Gasteiger partial charge < -0.3 is 5.32 Å². The van der Waals surface area contributed by atoms with Gasteiger partial charge >= 0.3 is 0 Å². The predicted molar refractivity (Wildman–Crippen MR) is 68.1 cm³/mol. The van der Waals surface area contributed by atoms with Crippen molar-refractivity contribution in [1.29, 1.82) is 0 Å². The van der Waals surface area contributed by atoms with Gasteiger partial charge in [0.1, 0.15) is 0 Å². The van der Waals surface area contributed by atoms with Crippen LogP contribution in [-0.2, 0) is 0 Å². The van der Waals surface area contributed by atoms with Crippen LogP contribution in [0.1, 0.15) is 59.3 Å². The normalized spacial score (nSPS) is 27.3. The van der Waals surface area contributed by atoms with E-state index in [0.717, 1.165) is 6.42 Å². The van der Waals surface area contributed by atoms with Gasteiger partial charge in [-0.15, -0.1) is 6.58 Å². The van der Waals surface area contributed by atoms with Gasteiger partial charge in [-0.3, -0.25) is 0 Å². The van der Waals surface area contributed by atoms with E-state index in [2.05, 4.69) is 32.7 Å². The van der Waals surface area contributed by atoms with Crippen molar-refractivity contribution in [3.8, 4) is 0 Å². The fraction of sp³-hybridized carbons (Fsp3) is 0.857. The minimum absolute atomic E-state index is 0.487. The molecule has 0 heterocycles. The van der Waals surface area contributed by atoms with Crippen LogP contribution >= 0.6 is 0 Å². The first-order chi connectivity index (χ1) is 7.06. The first-order valence-electron chi connectivity index (χ1n) is 6.43. The van der Waals surface area contributed by atoms with Crippen molar-refractivity contribution in [2.75, 3.05) is 0 Å². The van der Waals surface area contributed by atoms with Crippen LogP contribution in [0.2, 0.25) is 0 Å². The molecule has 2 unspecified atom stereocenters. The molecule has 88 valence electrons. The molecule has 1 nitrogen and oxygen atoms in total. The van der Waals surface area contributed by atoms with Gasteiger partial charge in [-0.2, -0.15) is 0 Å². The fourth-order valence-corrected chi connectivity index (χ4v) is 2.60. The van der Waals surface area contributed by atoms with E-state index in [1.54, 1.807) is 0 Å². The molecule has 0 radical (unpaired) electrons. The molecule has 0 aliphatic heterocycles. The molecule has 0 amide bonds. The Labute approximate surface area is 95.3 Å². The summed E-state index contributed by atoms with van der Waals surface area (Å²) in [5, 5.41) is 3.80. The summed E-state index contributed by atoms with van der Waals surface area (Å²) in [6.45, 7) is 10.9. The molecule has 0 aromatic heterocycles. The van der Waals surface area contributed by atoms with Crippen molar-refractivity contribution in [1.82, 2.24) is 5.32 Å². The lowest BCUT2D eigenvalue weighted by atomic mass is 9.73. The van der Waals surface area contributed by atoms with Gasteiger partial charge in [0.2, 0.25) is 0 Å². The number of rotatable bonds is 5. The van der Waals surface area contributed by atoms with Gasteiger partial charge in [0, 0.05) is 12.1 Å². The maximum absolute atomic E-state index is 3.80. The third-order valence-electron chi connectivity index (χ3n) is 3.80. The van der Waals surface area contributed by atoms with Gasteiger partial charge in [-0.1, -0.05) is 32.8 Å². The number of hydrogen-bond donors (Lipinski definition) is 1. The zero-order valence-corrected chi connectivity index (χ0v) is 10.7. The van der Waals surface area contributed by atoms with Gasteiger partial charge in [0.15, 0.2) is 0 Å². The second kappa shape index (κ2) is 5.69. The molecule has 0 spiro atoms. The molecule has 2 atom stereocenters. The van der Waals surface area contributed by atoms with Crippen molar-refractivity contribution in [3.63, 3.8) is 0 Å². The summed E-state index contributed by atoms with van der Waals surface area (Å²) in [4.78, 5) is 0. The Bertz CT molecular complexity index is 196. The summed E-state index contributed by atoms with van der Waals surface area (Å²) in [6.07, 6.45) is 9.90. The summed E-state index contributed by atoms with van der Waals surface area (Å²) in [5.41, 5.74) is 0.487. The van der Waals surface area contributed by atoms with E-state index < -0.39 is 0 Å². The highest BCUT2D eigenvalue weighted by molar-refractivity contribution is 4.89. The fourth-order valence-electron chi connectivity index (χ4n) is 2.60. The topological polar surface area (TPSA) is 12.0 Å². The molecule has 15 heavy (non-hydrogen) atoms. The Balaban J connectivity index is 2.37. The molecule has 0 saturated heterocycles. The quantitative estimate of drug-likeness (QED) is 0.677. The van der Waals surface area contributed by atoms with Crippen molar-refractivity contribution >= 4 is 0 Å². The van der Waals surface area contributed by atoms with Crippen molar-refractivity contribution in [2.45, 2.75) is 71.4 Å². The highest BCUT2D eigenvalue weighted by Crippen LogP contribution is 2.35. The predicted octanol–water partition coefficient (Wildman–Crippen LogP) is 3.90. The zero-order valence-electron chi connectivity index (χ0n) is 10.7. The highest BCUT2D eigenvalue weighted by atomic mass is 15.0. The number of allylic oxidation sites excluding steroid dienone is 1. The first-order valence-corrected chi connectivity index (χ1v) is 6.43. The Morgan fingerprint density at radius 1 is 1.47 bits per heavy atom. The third kappa shape index (κ3) is 3.98. The van der Waals surface area contributed by atoms with E-state index in [9.17, 15) is 0 Å². The average Bonchev–Trinajstić information content (AvgIpc) is 2.18. The highest BCUT2D eigenvalue weighted by Gasteiger charge is 2.32. The lowest BCUT2D eigenvalue weighted by Crippen LogP contribution is -2.47. The minimum atomic E-state index is 0.487. The molecular formula is C14H27N. The van der Waals surface area contributed by atoms with Gasteiger partial charge in [-0.25, -0.2) is 0 Å². The summed E-state index contributed by atoms with van der Waals surface area (Å²) in [7, 11) is 0. The van der Waals surface area contributed by atoms with Crippen molar-refractivity contribution < 1.29 is 0 Å². The number of hydrogen-bond acceptors (Lipinski definition) is 1. The van der Waals surface area contributed by atoms with Crippen LogP contribution in [0, 0.1) is 5.41 Å². The van der Waals surface area contributed by atoms with Crippen LogP contribution < -0.4 is 5.32 Å². The lowest BCUT2D eigenvalue weighted by molar-refractivity contribution is 0.156. The first kappa shape index (κ1) is 12.8.